The van der Waals surface area contributed by atoms with Crippen molar-refractivity contribution in [1.29, 1.82) is 0 Å². The number of carbonyl (C=O) groups is 1. The molecule has 5 N–H and O–H groups in total. The summed E-state index contributed by atoms with van der Waals surface area (Å²) in [5, 5.41) is 9.04. The van der Waals surface area contributed by atoms with Crippen LogP contribution in [0.5, 0.6) is 5.88 Å². The number of nitrogens with zero attached hydrogens (tertiary/aromatic N) is 3. The normalized spacial score (nSPS) is 10.4. The molecule has 0 saturated heterocycles. The zero-order chi connectivity index (χ0) is 16.1. The van der Waals surface area contributed by atoms with Crippen LogP contribution in [0, 0.1) is 0 Å². The van der Waals surface area contributed by atoms with Crippen molar-refractivity contribution < 1.29 is 19.4 Å². The summed E-state index contributed by atoms with van der Waals surface area (Å²) in [6, 6.07) is 2.98. The highest BCUT2D eigenvalue weighted by Gasteiger charge is 2.14. The first-order valence-corrected chi connectivity index (χ1v) is 6.27. The second kappa shape index (κ2) is 6.68. The van der Waals surface area contributed by atoms with E-state index < -0.39 is 5.97 Å². The Balaban J connectivity index is 2.34. The van der Waals surface area contributed by atoms with E-state index in [1.807, 2.05) is 0 Å². The van der Waals surface area contributed by atoms with Gasteiger partial charge < -0.3 is 26.0 Å². The molecule has 9 nitrogen and oxygen atoms in total. The summed E-state index contributed by atoms with van der Waals surface area (Å²) in [6.07, 6.45) is 1.38. The maximum absolute atomic E-state index is 11.1. The minimum absolute atomic E-state index is 0.0659. The summed E-state index contributed by atoms with van der Waals surface area (Å²) in [7, 11) is 1.54. The van der Waals surface area contributed by atoms with E-state index in [-0.39, 0.29) is 29.7 Å². The number of rotatable bonds is 6. The molecule has 2 rings (SSSR count). The van der Waals surface area contributed by atoms with E-state index in [0.717, 1.165) is 0 Å². The topological polar surface area (TPSA) is 146 Å². The lowest BCUT2D eigenvalue weighted by molar-refractivity contribution is 0.0692. The molecule has 0 atom stereocenters. The van der Waals surface area contributed by atoms with Crippen LogP contribution in [0.2, 0.25) is 0 Å². The van der Waals surface area contributed by atoms with Crippen LogP contribution in [-0.4, -0.2) is 46.4 Å². The lowest BCUT2D eigenvalue weighted by Gasteiger charge is -2.09. The van der Waals surface area contributed by atoms with Gasteiger partial charge in [0.25, 0.3) is 5.88 Å². The number of hydrogen-bond donors (Lipinski definition) is 3. The molecular weight excluding hydrogens is 290 g/mol. The van der Waals surface area contributed by atoms with E-state index in [0.29, 0.717) is 18.0 Å². The van der Waals surface area contributed by atoms with Gasteiger partial charge in [-0.05, 0) is 12.1 Å². The molecule has 0 aliphatic rings. The van der Waals surface area contributed by atoms with Crippen molar-refractivity contribution in [2.24, 2.45) is 0 Å². The van der Waals surface area contributed by atoms with Crippen molar-refractivity contribution in [3.05, 3.63) is 24.0 Å². The average Bonchev–Trinajstić information content (AvgIpc) is 2.49. The summed E-state index contributed by atoms with van der Waals surface area (Å²) in [5.74, 6) is -0.974. The van der Waals surface area contributed by atoms with Crippen molar-refractivity contribution in [2.45, 2.75) is 0 Å². The molecule has 0 fully saturated rings. The van der Waals surface area contributed by atoms with Gasteiger partial charge in [0.1, 0.15) is 12.3 Å². The number of carboxylic acid groups (broad SMARTS) is 1. The molecule has 2 aromatic rings. The van der Waals surface area contributed by atoms with Crippen LogP contribution >= 0.6 is 0 Å². The van der Waals surface area contributed by atoms with Crippen molar-refractivity contribution in [3.63, 3.8) is 0 Å². The highest BCUT2D eigenvalue weighted by Crippen LogP contribution is 2.23. The van der Waals surface area contributed by atoms with E-state index in [1.165, 1.54) is 12.3 Å². The van der Waals surface area contributed by atoms with Gasteiger partial charge in [0.05, 0.1) is 24.2 Å². The van der Waals surface area contributed by atoms with Crippen LogP contribution in [0.15, 0.2) is 18.3 Å². The lowest BCUT2D eigenvalue weighted by atomic mass is 10.2. The van der Waals surface area contributed by atoms with Crippen molar-refractivity contribution >= 4 is 17.5 Å². The number of aromatic carboxylic acids is 1. The van der Waals surface area contributed by atoms with Crippen LogP contribution in [0.3, 0.4) is 0 Å². The Morgan fingerprint density at radius 1 is 1.23 bits per heavy atom. The third kappa shape index (κ3) is 3.38. The molecule has 2 aromatic heterocycles. The fraction of sp³-hybridized carbons (Fsp3) is 0.231. The number of ether oxygens (including phenoxy) is 2. The SMILES string of the molecule is COCCOc1nc(-c2ccc(N)c(C(=O)O)n2)cnc1N. The molecule has 22 heavy (non-hydrogen) atoms. The first-order chi connectivity index (χ1) is 10.5. The summed E-state index contributed by atoms with van der Waals surface area (Å²) in [5.41, 5.74) is 11.7. The van der Waals surface area contributed by atoms with E-state index in [4.69, 9.17) is 26.0 Å². The van der Waals surface area contributed by atoms with Gasteiger partial charge in [-0.3, -0.25) is 0 Å². The smallest absolute Gasteiger partial charge is 0.356 e. The van der Waals surface area contributed by atoms with Crippen molar-refractivity contribution in [2.75, 3.05) is 31.8 Å². The first-order valence-electron chi connectivity index (χ1n) is 6.27. The minimum Gasteiger partial charge on any atom is -0.476 e. The zero-order valence-electron chi connectivity index (χ0n) is 11.8. The summed E-state index contributed by atoms with van der Waals surface area (Å²) in [6.45, 7) is 0.628. The van der Waals surface area contributed by atoms with Crippen LogP contribution in [-0.2, 0) is 4.74 Å². The fourth-order valence-electron chi connectivity index (χ4n) is 1.62. The maximum atomic E-state index is 11.1. The fourth-order valence-corrected chi connectivity index (χ4v) is 1.62. The monoisotopic (exact) mass is 305 g/mol. The highest BCUT2D eigenvalue weighted by molar-refractivity contribution is 5.92. The Kier molecular flexibility index (Phi) is 4.69. The minimum atomic E-state index is -1.22. The molecule has 0 radical (unpaired) electrons. The molecule has 0 saturated carbocycles. The molecule has 0 aliphatic carbocycles. The summed E-state index contributed by atoms with van der Waals surface area (Å²) in [4.78, 5) is 23.2. The summed E-state index contributed by atoms with van der Waals surface area (Å²) < 4.78 is 10.2. The van der Waals surface area contributed by atoms with Crippen LogP contribution in [0.1, 0.15) is 10.5 Å². The number of anilines is 2. The number of aromatic nitrogens is 3. The molecule has 0 spiro atoms. The van der Waals surface area contributed by atoms with Crippen molar-refractivity contribution in [1.82, 2.24) is 15.0 Å². The average molecular weight is 305 g/mol. The molecule has 2 heterocycles. The predicted molar refractivity (Wildman–Crippen MR) is 78.4 cm³/mol. The van der Waals surface area contributed by atoms with Crippen LogP contribution in [0.25, 0.3) is 11.4 Å². The Morgan fingerprint density at radius 3 is 2.68 bits per heavy atom. The quantitative estimate of drug-likeness (QED) is 0.646. The number of carboxylic acids is 1. The highest BCUT2D eigenvalue weighted by atomic mass is 16.5. The van der Waals surface area contributed by atoms with Gasteiger partial charge in [-0.15, -0.1) is 0 Å². The summed E-state index contributed by atoms with van der Waals surface area (Å²) >= 11 is 0. The molecule has 0 aliphatic heterocycles. The first kappa shape index (κ1) is 15.4. The molecule has 0 aromatic carbocycles. The number of pyridine rings is 1. The second-order valence-electron chi connectivity index (χ2n) is 4.23. The number of hydrogen-bond acceptors (Lipinski definition) is 8. The van der Waals surface area contributed by atoms with E-state index in [2.05, 4.69) is 15.0 Å². The Labute approximate surface area is 125 Å². The molecule has 116 valence electrons. The van der Waals surface area contributed by atoms with E-state index >= 15 is 0 Å². The van der Waals surface area contributed by atoms with Crippen LogP contribution < -0.4 is 16.2 Å². The van der Waals surface area contributed by atoms with Gasteiger partial charge in [0, 0.05) is 7.11 Å². The van der Waals surface area contributed by atoms with E-state index in [9.17, 15) is 4.79 Å². The molecule has 0 amide bonds. The number of nitrogens with two attached hydrogens (primary N) is 2. The largest absolute Gasteiger partial charge is 0.476 e. The maximum Gasteiger partial charge on any atom is 0.356 e. The van der Waals surface area contributed by atoms with Gasteiger partial charge in [-0.2, -0.15) is 0 Å². The van der Waals surface area contributed by atoms with Gasteiger partial charge >= 0.3 is 5.97 Å². The van der Waals surface area contributed by atoms with Gasteiger partial charge in [0.15, 0.2) is 11.5 Å². The second-order valence-corrected chi connectivity index (χ2v) is 4.23. The van der Waals surface area contributed by atoms with Gasteiger partial charge in [-0.25, -0.2) is 19.7 Å². The standard InChI is InChI=1S/C13H15N5O4/c1-21-4-5-22-12-11(15)16-6-9(18-12)8-3-2-7(14)10(17-8)13(19)20/h2-3,6H,4-5,14H2,1H3,(H2,15,16)(H,19,20). The van der Waals surface area contributed by atoms with E-state index in [1.54, 1.807) is 13.2 Å². The third-order valence-corrected chi connectivity index (χ3v) is 2.68. The number of nitrogen functional groups attached to an aromatic ring is 2. The predicted octanol–water partition coefficient (Wildman–Crippen LogP) is 0.426. The Bertz CT molecular complexity index is 692. The van der Waals surface area contributed by atoms with Gasteiger partial charge in [0.2, 0.25) is 0 Å². The molecular formula is C13H15N5O4. The van der Waals surface area contributed by atoms with Gasteiger partial charge in [-0.1, -0.05) is 0 Å². The van der Waals surface area contributed by atoms with Crippen molar-refractivity contribution in [3.8, 4) is 17.3 Å². The zero-order valence-corrected chi connectivity index (χ0v) is 11.8. The Hall–Kier alpha value is -2.94. The Morgan fingerprint density at radius 2 is 2.00 bits per heavy atom. The third-order valence-electron chi connectivity index (χ3n) is 2.68. The lowest BCUT2D eigenvalue weighted by Crippen LogP contribution is -2.09. The number of methoxy groups -OCH3 is 1. The molecule has 0 unspecified atom stereocenters. The molecule has 9 heteroatoms. The molecule has 0 bridgehead atoms. The van der Waals surface area contributed by atoms with Crippen LogP contribution in [0.4, 0.5) is 11.5 Å².